The molecule has 0 saturated heterocycles. The molecule has 68 valence electrons. The zero-order valence-corrected chi connectivity index (χ0v) is 9.26. The van der Waals surface area contributed by atoms with Crippen molar-refractivity contribution in [2.45, 2.75) is 31.3 Å². The summed E-state index contributed by atoms with van der Waals surface area (Å²) in [5.74, 6) is 0.956. The molecule has 0 fully saturated rings. The monoisotopic (exact) mass is 202 g/mol. The molecule has 0 atom stereocenters. The van der Waals surface area contributed by atoms with Crippen LogP contribution in [-0.4, -0.2) is 9.73 Å². The molecular formula is C8H14N2S2. The van der Waals surface area contributed by atoms with Gasteiger partial charge in [0.1, 0.15) is 0 Å². The summed E-state index contributed by atoms with van der Waals surface area (Å²) in [7, 11) is 0. The molecule has 0 radical (unpaired) electrons. The van der Waals surface area contributed by atoms with Crippen molar-refractivity contribution in [3.8, 4) is 0 Å². The smallest absolute Gasteiger partial charge is 0.180 e. The maximum absolute atomic E-state index is 5.52. The third-order valence-corrected chi connectivity index (χ3v) is 3.25. The van der Waals surface area contributed by atoms with E-state index in [0.717, 1.165) is 11.4 Å². The van der Waals surface area contributed by atoms with Gasteiger partial charge in [0.25, 0.3) is 0 Å². The van der Waals surface area contributed by atoms with Gasteiger partial charge in [0.05, 0.1) is 5.69 Å². The number of thiazole rings is 1. The maximum Gasteiger partial charge on any atom is 0.180 e. The molecule has 2 nitrogen and oxygen atoms in total. The second-order valence-electron chi connectivity index (χ2n) is 3.58. The average molecular weight is 202 g/mol. The van der Waals surface area contributed by atoms with Crippen molar-refractivity contribution in [1.82, 2.24) is 4.98 Å². The predicted molar refractivity (Wildman–Crippen MR) is 57.6 cm³/mol. The zero-order chi connectivity index (χ0) is 9.19. The molecule has 12 heavy (non-hydrogen) atoms. The van der Waals surface area contributed by atoms with Crippen LogP contribution in [0.2, 0.25) is 0 Å². The summed E-state index contributed by atoms with van der Waals surface area (Å²) in [5.41, 5.74) is 6.61. The molecule has 0 unspecified atom stereocenters. The summed E-state index contributed by atoms with van der Waals surface area (Å²) < 4.78 is 0.304. The largest absolute Gasteiger partial charge is 0.375 e. The Morgan fingerprint density at radius 3 is 2.67 bits per heavy atom. The van der Waals surface area contributed by atoms with Gasteiger partial charge in [-0.2, -0.15) is 0 Å². The highest BCUT2D eigenvalue weighted by Gasteiger charge is 2.11. The second-order valence-corrected chi connectivity index (χ2v) is 6.27. The van der Waals surface area contributed by atoms with Crippen LogP contribution in [0.4, 0.5) is 5.13 Å². The van der Waals surface area contributed by atoms with Crippen molar-refractivity contribution in [3.63, 3.8) is 0 Å². The number of thioether (sulfide) groups is 1. The third-order valence-electron chi connectivity index (χ3n) is 1.22. The first-order valence-electron chi connectivity index (χ1n) is 3.81. The first-order valence-corrected chi connectivity index (χ1v) is 5.68. The second kappa shape index (κ2) is 3.66. The summed E-state index contributed by atoms with van der Waals surface area (Å²) in [6.45, 7) is 6.61. The van der Waals surface area contributed by atoms with E-state index < -0.39 is 0 Å². The molecule has 0 aliphatic heterocycles. The van der Waals surface area contributed by atoms with Gasteiger partial charge in [0.15, 0.2) is 5.13 Å². The van der Waals surface area contributed by atoms with E-state index in [1.54, 1.807) is 0 Å². The number of aromatic nitrogens is 1. The van der Waals surface area contributed by atoms with Crippen molar-refractivity contribution in [2.24, 2.45) is 0 Å². The number of anilines is 1. The average Bonchev–Trinajstić information content (AvgIpc) is 2.30. The Morgan fingerprint density at radius 2 is 2.25 bits per heavy atom. The third kappa shape index (κ3) is 3.45. The van der Waals surface area contributed by atoms with Gasteiger partial charge in [-0.15, -0.1) is 23.1 Å². The molecule has 1 heterocycles. The normalized spacial score (nSPS) is 11.9. The van der Waals surface area contributed by atoms with Crippen LogP contribution in [0.3, 0.4) is 0 Å². The summed E-state index contributed by atoms with van der Waals surface area (Å²) in [6, 6.07) is 0. The molecule has 0 spiro atoms. The summed E-state index contributed by atoms with van der Waals surface area (Å²) in [4.78, 5) is 4.19. The van der Waals surface area contributed by atoms with Crippen LogP contribution in [-0.2, 0) is 5.75 Å². The van der Waals surface area contributed by atoms with Gasteiger partial charge in [0.2, 0.25) is 0 Å². The molecule has 0 saturated carbocycles. The Hall–Kier alpha value is -0.220. The number of nitrogen functional groups attached to an aromatic ring is 1. The van der Waals surface area contributed by atoms with E-state index >= 15 is 0 Å². The van der Waals surface area contributed by atoms with E-state index in [9.17, 15) is 0 Å². The van der Waals surface area contributed by atoms with Gasteiger partial charge in [-0.05, 0) is 0 Å². The van der Waals surface area contributed by atoms with Gasteiger partial charge in [-0.1, -0.05) is 20.8 Å². The van der Waals surface area contributed by atoms with Crippen LogP contribution in [0.1, 0.15) is 26.5 Å². The Balaban J connectivity index is 2.44. The highest BCUT2D eigenvalue weighted by Crippen LogP contribution is 2.27. The zero-order valence-electron chi connectivity index (χ0n) is 7.63. The molecule has 4 heteroatoms. The van der Waals surface area contributed by atoms with Crippen molar-refractivity contribution in [2.75, 3.05) is 5.73 Å². The van der Waals surface area contributed by atoms with Gasteiger partial charge in [-0.3, -0.25) is 0 Å². The molecular weight excluding hydrogens is 188 g/mol. The van der Waals surface area contributed by atoms with E-state index in [0.29, 0.717) is 9.88 Å². The highest BCUT2D eigenvalue weighted by atomic mass is 32.2. The quantitative estimate of drug-likeness (QED) is 0.801. The molecule has 2 N–H and O–H groups in total. The van der Waals surface area contributed by atoms with Crippen molar-refractivity contribution >= 4 is 28.2 Å². The van der Waals surface area contributed by atoms with Crippen LogP contribution in [0.15, 0.2) is 5.38 Å². The van der Waals surface area contributed by atoms with Crippen molar-refractivity contribution in [3.05, 3.63) is 11.1 Å². The standard InChI is InChI=1S/C8H14N2S2/c1-8(2,3)12-5-6-4-11-7(9)10-6/h4H,5H2,1-3H3,(H2,9,10). The van der Waals surface area contributed by atoms with Gasteiger partial charge >= 0.3 is 0 Å². The molecule has 0 amide bonds. The van der Waals surface area contributed by atoms with Gasteiger partial charge in [0, 0.05) is 15.9 Å². The SMILES string of the molecule is CC(C)(C)SCc1csc(N)n1. The Kier molecular flexibility index (Phi) is 3.01. The molecule has 1 rings (SSSR count). The lowest BCUT2D eigenvalue weighted by molar-refractivity contribution is 0.801. The lowest BCUT2D eigenvalue weighted by Crippen LogP contribution is -2.07. The van der Waals surface area contributed by atoms with Gasteiger partial charge < -0.3 is 5.73 Å². The van der Waals surface area contributed by atoms with Crippen molar-refractivity contribution in [1.29, 1.82) is 0 Å². The first-order chi connectivity index (χ1) is 5.47. The number of rotatable bonds is 2. The summed E-state index contributed by atoms with van der Waals surface area (Å²) in [6.07, 6.45) is 0. The molecule has 0 bridgehead atoms. The van der Waals surface area contributed by atoms with Crippen LogP contribution in [0.5, 0.6) is 0 Å². The van der Waals surface area contributed by atoms with Gasteiger partial charge in [-0.25, -0.2) is 4.98 Å². The molecule has 1 aromatic rings. The van der Waals surface area contributed by atoms with Crippen LogP contribution < -0.4 is 5.73 Å². The number of hydrogen-bond donors (Lipinski definition) is 1. The van der Waals surface area contributed by atoms with E-state index in [1.807, 2.05) is 17.1 Å². The van der Waals surface area contributed by atoms with E-state index in [4.69, 9.17) is 5.73 Å². The minimum Gasteiger partial charge on any atom is -0.375 e. The fourth-order valence-corrected chi connectivity index (χ4v) is 2.08. The minimum atomic E-state index is 0.304. The van der Waals surface area contributed by atoms with Crippen LogP contribution >= 0.6 is 23.1 Å². The molecule has 0 aliphatic rings. The number of hydrogen-bond acceptors (Lipinski definition) is 4. The molecule has 0 aromatic carbocycles. The lowest BCUT2D eigenvalue weighted by atomic mass is 10.3. The van der Waals surface area contributed by atoms with E-state index in [2.05, 4.69) is 25.8 Å². The fraction of sp³-hybridized carbons (Fsp3) is 0.625. The Bertz CT molecular complexity index is 250. The van der Waals surface area contributed by atoms with Crippen molar-refractivity contribution < 1.29 is 0 Å². The topological polar surface area (TPSA) is 38.9 Å². The van der Waals surface area contributed by atoms with Crippen LogP contribution in [0.25, 0.3) is 0 Å². The number of nitrogens with zero attached hydrogens (tertiary/aromatic N) is 1. The maximum atomic E-state index is 5.52. The number of nitrogens with two attached hydrogens (primary N) is 1. The van der Waals surface area contributed by atoms with Crippen LogP contribution in [0, 0.1) is 0 Å². The minimum absolute atomic E-state index is 0.304. The van der Waals surface area contributed by atoms with E-state index in [1.165, 1.54) is 11.3 Å². The Labute approximate surface area is 81.6 Å². The van der Waals surface area contributed by atoms with E-state index in [-0.39, 0.29) is 0 Å². The summed E-state index contributed by atoms with van der Waals surface area (Å²) in [5, 5.41) is 2.69. The molecule has 0 aliphatic carbocycles. The highest BCUT2D eigenvalue weighted by molar-refractivity contribution is 7.99. The summed E-state index contributed by atoms with van der Waals surface area (Å²) >= 11 is 3.40. The predicted octanol–water partition coefficient (Wildman–Crippen LogP) is 2.76. The first kappa shape index (κ1) is 9.86. The Morgan fingerprint density at radius 1 is 1.58 bits per heavy atom. The fourth-order valence-electron chi connectivity index (χ4n) is 0.679. The molecule has 1 aromatic heterocycles. The lowest BCUT2D eigenvalue weighted by Gasteiger charge is -2.16.